The SMILES string of the molecule is Cl.O=C(O)C1NCCc2c1[nH]c1ccc(OCc3cccnc3)cc21. The second-order valence-electron chi connectivity index (χ2n) is 5.85. The summed E-state index contributed by atoms with van der Waals surface area (Å²) in [6, 6.07) is 8.97. The summed E-state index contributed by atoms with van der Waals surface area (Å²) in [6.07, 6.45) is 4.31. The molecule has 0 bridgehead atoms. The van der Waals surface area contributed by atoms with Gasteiger partial charge < -0.3 is 14.8 Å². The second-order valence-corrected chi connectivity index (χ2v) is 5.85. The number of rotatable bonds is 4. The maximum Gasteiger partial charge on any atom is 0.326 e. The first kappa shape index (κ1) is 17.3. The van der Waals surface area contributed by atoms with E-state index < -0.39 is 12.0 Å². The van der Waals surface area contributed by atoms with Gasteiger partial charge in [-0.05, 0) is 36.2 Å². The molecule has 0 radical (unpaired) electrons. The van der Waals surface area contributed by atoms with Crippen molar-refractivity contribution in [1.29, 1.82) is 0 Å². The fraction of sp³-hybridized carbons (Fsp3) is 0.222. The number of benzene rings is 1. The fourth-order valence-corrected chi connectivity index (χ4v) is 3.16. The van der Waals surface area contributed by atoms with Crippen LogP contribution < -0.4 is 10.1 Å². The molecule has 0 saturated heterocycles. The van der Waals surface area contributed by atoms with Crippen molar-refractivity contribution in [2.24, 2.45) is 0 Å². The van der Waals surface area contributed by atoms with Crippen LogP contribution in [0.3, 0.4) is 0 Å². The molecule has 1 aromatic carbocycles. The summed E-state index contributed by atoms with van der Waals surface area (Å²) in [7, 11) is 0. The summed E-state index contributed by atoms with van der Waals surface area (Å²) >= 11 is 0. The van der Waals surface area contributed by atoms with Gasteiger partial charge in [-0.3, -0.25) is 15.1 Å². The zero-order valence-electron chi connectivity index (χ0n) is 13.4. The highest BCUT2D eigenvalue weighted by Crippen LogP contribution is 2.32. The molecular weight excluding hydrogens is 342 g/mol. The monoisotopic (exact) mass is 359 g/mol. The largest absolute Gasteiger partial charge is 0.489 e. The summed E-state index contributed by atoms with van der Waals surface area (Å²) in [4.78, 5) is 18.7. The minimum atomic E-state index is -0.865. The van der Waals surface area contributed by atoms with E-state index in [0.29, 0.717) is 13.2 Å². The molecule has 130 valence electrons. The zero-order chi connectivity index (χ0) is 16.5. The molecule has 0 fully saturated rings. The Hall–Kier alpha value is -2.57. The number of ether oxygens (including phenoxy) is 1. The number of H-pyrrole nitrogens is 1. The highest BCUT2D eigenvalue weighted by atomic mass is 35.5. The summed E-state index contributed by atoms with van der Waals surface area (Å²) in [5.74, 6) is -0.103. The fourth-order valence-electron chi connectivity index (χ4n) is 3.16. The van der Waals surface area contributed by atoms with Crippen LogP contribution in [0.4, 0.5) is 0 Å². The zero-order valence-corrected chi connectivity index (χ0v) is 14.2. The normalized spacial score (nSPS) is 16.1. The number of fused-ring (bicyclic) bond motifs is 3. The summed E-state index contributed by atoms with van der Waals surface area (Å²) in [5.41, 5.74) is 3.74. The molecule has 3 aromatic rings. The number of hydrogen-bond donors (Lipinski definition) is 3. The Morgan fingerprint density at radius 1 is 1.36 bits per heavy atom. The Labute approximate surface area is 150 Å². The van der Waals surface area contributed by atoms with Gasteiger partial charge in [0.15, 0.2) is 0 Å². The van der Waals surface area contributed by atoms with Crippen molar-refractivity contribution in [3.05, 3.63) is 59.5 Å². The number of hydrogen-bond acceptors (Lipinski definition) is 4. The Morgan fingerprint density at radius 2 is 2.24 bits per heavy atom. The molecule has 1 atom stereocenters. The van der Waals surface area contributed by atoms with Gasteiger partial charge >= 0.3 is 5.97 Å². The number of halogens is 1. The first-order chi connectivity index (χ1) is 11.7. The lowest BCUT2D eigenvalue weighted by Crippen LogP contribution is -2.34. The van der Waals surface area contributed by atoms with E-state index in [1.54, 1.807) is 12.4 Å². The smallest absolute Gasteiger partial charge is 0.326 e. The second kappa shape index (κ2) is 7.13. The van der Waals surface area contributed by atoms with Crippen molar-refractivity contribution in [2.45, 2.75) is 19.1 Å². The standard InChI is InChI=1S/C18H17N3O3.ClH/c22-18(23)17-16-13(5-7-20-17)14-8-12(3-4-15(14)21-16)24-10-11-2-1-6-19-9-11;/h1-4,6,8-9,17,20-21H,5,7,10H2,(H,22,23);1H. The molecule has 3 N–H and O–H groups in total. The first-order valence-electron chi connectivity index (χ1n) is 7.85. The van der Waals surface area contributed by atoms with Gasteiger partial charge in [0, 0.05) is 41.1 Å². The van der Waals surface area contributed by atoms with Crippen molar-refractivity contribution < 1.29 is 14.6 Å². The molecule has 0 aliphatic carbocycles. The number of aromatic nitrogens is 2. The maximum atomic E-state index is 11.4. The van der Waals surface area contributed by atoms with Gasteiger partial charge in [0.1, 0.15) is 18.4 Å². The third-order valence-electron chi connectivity index (χ3n) is 4.30. The van der Waals surface area contributed by atoms with E-state index in [1.807, 2.05) is 30.3 Å². The Balaban J connectivity index is 0.00000182. The van der Waals surface area contributed by atoms with E-state index in [4.69, 9.17) is 4.74 Å². The molecule has 7 heteroatoms. The third-order valence-corrected chi connectivity index (χ3v) is 4.30. The van der Waals surface area contributed by atoms with Gasteiger partial charge in [0.25, 0.3) is 0 Å². The average molecular weight is 360 g/mol. The van der Waals surface area contributed by atoms with Crippen molar-refractivity contribution in [3.8, 4) is 5.75 Å². The summed E-state index contributed by atoms with van der Waals surface area (Å²) in [6.45, 7) is 1.10. The molecule has 2 aromatic heterocycles. The highest BCUT2D eigenvalue weighted by molar-refractivity contribution is 5.89. The quantitative estimate of drug-likeness (QED) is 0.666. The third kappa shape index (κ3) is 3.31. The number of carboxylic acids is 1. The lowest BCUT2D eigenvalue weighted by atomic mass is 9.99. The van der Waals surface area contributed by atoms with E-state index in [2.05, 4.69) is 15.3 Å². The van der Waals surface area contributed by atoms with E-state index in [1.165, 1.54) is 0 Å². The lowest BCUT2D eigenvalue weighted by molar-refractivity contribution is -0.139. The molecule has 0 saturated carbocycles. The van der Waals surface area contributed by atoms with Crippen LogP contribution in [-0.2, 0) is 17.8 Å². The number of nitrogens with zero attached hydrogens (tertiary/aromatic N) is 1. The number of carbonyl (C=O) groups is 1. The number of aliphatic carboxylic acids is 1. The first-order valence-corrected chi connectivity index (χ1v) is 7.85. The minimum absolute atomic E-state index is 0. The molecule has 6 nitrogen and oxygen atoms in total. The molecular formula is C18H18ClN3O3. The van der Waals surface area contributed by atoms with Gasteiger partial charge in [0.05, 0.1) is 0 Å². The van der Waals surface area contributed by atoms with Crippen LogP contribution in [0.1, 0.15) is 22.9 Å². The average Bonchev–Trinajstić information content (AvgIpc) is 2.98. The number of pyridine rings is 1. The van der Waals surface area contributed by atoms with E-state index in [-0.39, 0.29) is 12.4 Å². The predicted molar refractivity (Wildman–Crippen MR) is 96.2 cm³/mol. The van der Waals surface area contributed by atoms with Gasteiger partial charge in [-0.25, -0.2) is 0 Å². The van der Waals surface area contributed by atoms with Gasteiger partial charge in [-0.15, -0.1) is 12.4 Å². The van der Waals surface area contributed by atoms with Crippen molar-refractivity contribution in [3.63, 3.8) is 0 Å². The van der Waals surface area contributed by atoms with Crippen LogP contribution in [0, 0.1) is 0 Å². The molecule has 0 amide bonds. The summed E-state index contributed by atoms with van der Waals surface area (Å²) in [5, 5.41) is 13.4. The maximum absolute atomic E-state index is 11.4. The molecule has 25 heavy (non-hydrogen) atoms. The number of nitrogens with one attached hydrogen (secondary N) is 2. The van der Waals surface area contributed by atoms with Gasteiger partial charge in [-0.1, -0.05) is 6.07 Å². The minimum Gasteiger partial charge on any atom is -0.489 e. The van der Waals surface area contributed by atoms with Crippen LogP contribution in [0.25, 0.3) is 10.9 Å². The van der Waals surface area contributed by atoms with Crippen molar-refractivity contribution >= 4 is 29.3 Å². The summed E-state index contributed by atoms with van der Waals surface area (Å²) < 4.78 is 5.85. The molecule has 4 rings (SSSR count). The van der Waals surface area contributed by atoms with E-state index >= 15 is 0 Å². The number of aromatic amines is 1. The predicted octanol–water partition coefficient (Wildman–Crippen LogP) is 2.84. The van der Waals surface area contributed by atoms with Crippen LogP contribution in [0.15, 0.2) is 42.7 Å². The Kier molecular flexibility index (Phi) is 4.92. The van der Waals surface area contributed by atoms with Gasteiger partial charge in [-0.2, -0.15) is 0 Å². The molecule has 3 heterocycles. The van der Waals surface area contributed by atoms with E-state index in [0.717, 1.165) is 39.9 Å². The van der Waals surface area contributed by atoms with E-state index in [9.17, 15) is 9.90 Å². The van der Waals surface area contributed by atoms with Crippen molar-refractivity contribution in [1.82, 2.24) is 15.3 Å². The van der Waals surface area contributed by atoms with Crippen LogP contribution in [0.2, 0.25) is 0 Å². The lowest BCUT2D eigenvalue weighted by Gasteiger charge is -2.20. The Morgan fingerprint density at radius 3 is 3.00 bits per heavy atom. The van der Waals surface area contributed by atoms with Crippen molar-refractivity contribution in [2.75, 3.05) is 6.54 Å². The molecule has 0 spiro atoms. The molecule has 1 aliphatic heterocycles. The van der Waals surface area contributed by atoms with Crippen LogP contribution >= 0.6 is 12.4 Å². The Bertz CT molecular complexity index is 895. The van der Waals surface area contributed by atoms with Gasteiger partial charge in [0.2, 0.25) is 0 Å². The molecule has 1 unspecified atom stereocenters. The highest BCUT2D eigenvalue weighted by Gasteiger charge is 2.28. The topological polar surface area (TPSA) is 87.2 Å². The van der Waals surface area contributed by atoms with Crippen LogP contribution in [0.5, 0.6) is 5.75 Å². The number of carboxylic acid groups (broad SMARTS) is 1. The van der Waals surface area contributed by atoms with Crippen LogP contribution in [-0.4, -0.2) is 27.6 Å². The molecule has 1 aliphatic rings.